The highest BCUT2D eigenvalue weighted by molar-refractivity contribution is 5.18. The molecule has 0 bridgehead atoms. The molecule has 0 amide bonds. The number of nitrogens with one attached hydrogen (secondary N) is 1. The fourth-order valence-corrected chi connectivity index (χ4v) is 1.75. The summed E-state index contributed by atoms with van der Waals surface area (Å²) < 4.78 is 5.96. The second-order valence-electron chi connectivity index (χ2n) is 3.98. The quantitative estimate of drug-likeness (QED) is 0.773. The lowest BCUT2D eigenvalue weighted by Crippen LogP contribution is -2.43. The van der Waals surface area contributed by atoms with Crippen molar-refractivity contribution in [2.24, 2.45) is 0 Å². The topological polar surface area (TPSA) is 34.1 Å². The third-order valence-electron chi connectivity index (χ3n) is 2.68. The molecular formula is C11H16N2O. The molecule has 76 valence electrons. The van der Waals surface area contributed by atoms with Gasteiger partial charge in [-0.25, -0.2) is 0 Å². The minimum atomic E-state index is -0.00734. The normalized spacial score (nSPS) is 20.4. The summed E-state index contributed by atoms with van der Waals surface area (Å²) in [5.41, 5.74) is -0.00734. The first kappa shape index (κ1) is 9.46. The summed E-state index contributed by atoms with van der Waals surface area (Å²) in [5, 5.41) is 3.33. The number of hydrogen-bond donors (Lipinski definition) is 1. The van der Waals surface area contributed by atoms with Crippen LogP contribution in [0.3, 0.4) is 0 Å². The van der Waals surface area contributed by atoms with Crippen LogP contribution in [0.15, 0.2) is 24.5 Å². The van der Waals surface area contributed by atoms with E-state index in [4.69, 9.17) is 4.74 Å². The Morgan fingerprint density at radius 3 is 2.57 bits per heavy atom. The molecule has 1 saturated heterocycles. The number of hydrogen-bond acceptors (Lipinski definition) is 3. The van der Waals surface area contributed by atoms with Gasteiger partial charge in [0, 0.05) is 12.4 Å². The van der Waals surface area contributed by atoms with Crippen molar-refractivity contribution in [1.29, 1.82) is 0 Å². The van der Waals surface area contributed by atoms with Gasteiger partial charge in [-0.3, -0.25) is 4.98 Å². The number of nitrogens with zero attached hydrogens (tertiary/aromatic N) is 1. The van der Waals surface area contributed by atoms with E-state index < -0.39 is 0 Å². The van der Waals surface area contributed by atoms with Crippen LogP contribution in [0, 0.1) is 0 Å². The van der Waals surface area contributed by atoms with Crippen LogP contribution >= 0.6 is 0 Å². The minimum Gasteiger partial charge on any atom is -0.487 e. The van der Waals surface area contributed by atoms with E-state index in [1.54, 1.807) is 12.4 Å². The number of ether oxygens (including phenoxy) is 1. The molecule has 2 heterocycles. The van der Waals surface area contributed by atoms with Gasteiger partial charge in [-0.1, -0.05) is 0 Å². The van der Waals surface area contributed by atoms with Crippen molar-refractivity contribution in [1.82, 2.24) is 10.3 Å². The van der Waals surface area contributed by atoms with Crippen molar-refractivity contribution in [2.45, 2.75) is 25.4 Å². The fraction of sp³-hybridized carbons (Fsp3) is 0.545. The lowest BCUT2D eigenvalue weighted by molar-refractivity contribution is 0.0555. The monoisotopic (exact) mass is 192 g/mol. The van der Waals surface area contributed by atoms with Crippen LogP contribution in [0.1, 0.15) is 19.8 Å². The van der Waals surface area contributed by atoms with Crippen molar-refractivity contribution in [3.05, 3.63) is 24.5 Å². The lowest BCUT2D eigenvalue weighted by atomic mass is 9.94. The largest absolute Gasteiger partial charge is 0.487 e. The Balaban J connectivity index is 2.02. The molecule has 0 atom stereocenters. The standard InChI is InChI=1S/C11H16N2O/c1-11(4-8-13-9-5-11)14-10-2-6-12-7-3-10/h2-3,6-7,13H,4-5,8-9H2,1H3. The molecule has 0 aliphatic carbocycles. The Morgan fingerprint density at radius 2 is 1.93 bits per heavy atom. The molecular weight excluding hydrogens is 176 g/mol. The van der Waals surface area contributed by atoms with Crippen molar-refractivity contribution >= 4 is 0 Å². The molecule has 0 saturated carbocycles. The molecule has 1 aliphatic rings. The van der Waals surface area contributed by atoms with Crippen LogP contribution in [0.4, 0.5) is 0 Å². The van der Waals surface area contributed by atoms with Gasteiger partial charge in [0.25, 0.3) is 0 Å². The summed E-state index contributed by atoms with van der Waals surface area (Å²) in [7, 11) is 0. The highest BCUT2D eigenvalue weighted by Gasteiger charge is 2.28. The predicted octanol–water partition coefficient (Wildman–Crippen LogP) is 1.60. The molecule has 1 aromatic rings. The molecule has 0 spiro atoms. The third-order valence-corrected chi connectivity index (χ3v) is 2.68. The first-order chi connectivity index (χ1) is 6.79. The number of piperidine rings is 1. The summed E-state index contributed by atoms with van der Waals surface area (Å²) in [6, 6.07) is 3.82. The van der Waals surface area contributed by atoms with Crippen LogP contribution in [0.25, 0.3) is 0 Å². The zero-order chi connectivity index (χ0) is 9.86. The molecule has 3 heteroatoms. The number of rotatable bonds is 2. The van der Waals surface area contributed by atoms with Crippen LogP contribution in [-0.2, 0) is 0 Å². The van der Waals surface area contributed by atoms with Crippen LogP contribution in [0.2, 0.25) is 0 Å². The Labute approximate surface area is 84.5 Å². The van der Waals surface area contributed by atoms with Gasteiger partial charge >= 0.3 is 0 Å². The summed E-state index contributed by atoms with van der Waals surface area (Å²) in [6.07, 6.45) is 5.66. The molecule has 0 radical (unpaired) electrons. The smallest absolute Gasteiger partial charge is 0.123 e. The van der Waals surface area contributed by atoms with Crippen molar-refractivity contribution < 1.29 is 4.74 Å². The van der Waals surface area contributed by atoms with E-state index in [2.05, 4.69) is 17.2 Å². The molecule has 3 nitrogen and oxygen atoms in total. The van der Waals surface area contributed by atoms with E-state index in [9.17, 15) is 0 Å². The maximum atomic E-state index is 5.96. The minimum absolute atomic E-state index is 0.00734. The van der Waals surface area contributed by atoms with Gasteiger partial charge in [0.05, 0.1) is 0 Å². The van der Waals surface area contributed by atoms with Crippen molar-refractivity contribution in [3.8, 4) is 5.75 Å². The predicted molar refractivity (Wildman–Crippen MR) is 55.4 cm³/mol. The van der Waals surface area contributed by atoms with E-state index in [0.29, 0.717) is 0 Å². The van der Waals surface area contributed by atoms with Crippen molar-refractivity contribution in [2.75, 3.05) is 13.1 Å². The third kappa shape index (κ3) is 2.23. The number of pyridine rings is 1. The Kier molecular flexibility index (Phi) is 2.68. The molecule has 1 fully saturated rings. The molecule has 1 aromatic heterocycles. The van der Waals surface area contributed by atoms with E-state index in [0.717, 1.165) is 31.7 Å². The average molecular weight is 192 g/mol. The van der Waals surface area contributed by atoms with Crippen molar-refractivity contribution in [3.63, 3.8) is 0 Å². The summed E-state index contributed by atoms with van der Waals surface area (Å²) >= 11 is 0. The molecule has 1 aliphatic heterocycles. The molecule has 1 N–H and O–H groups in total. The zero-order valence-corrected chi connectivity index (χ0v) is 8.49. The Morgan fingerprint density at radius 1 is 1.29 bits per heavy atom. The second kappa shape index (κ2) is 3.96. The van der Waals surface area contributed by atoms with E-state index >= 15 is 0 Å². The fourth-order valence-electron chi connectivity index (χ4n) is 1.75. The second-order valence-corrected chi connectivity index (χ2v) is 3.98. The van der Waals surface area contributed by atoms with Gasteiger partial charge in [-0.2, -0.15) is 0 Å². The van der Waals surface area contributed by atoms with Crippen LogP contribution in [0.5, 0.6) is 5.75 Å². The summed E-state index contributed by atoms with van der Waals surface area (Å²) in [4.78, 5) is 3.97. The zero-order valence-electron chi connectivity index (χ0n) is 8.49. The first-order valence-electron chi connectivity index (χ1n) is 5.08. The van der Waals surface area contributed by atoms with Gasteiger partial charge in [-0.05, 0) is 45.0 Å². The summed E-state index contributed by atoms with van der Waals surface area (Å²) in [6.45, 7) is 4.26. The Hall–Kier alpha value is -1.09. The van der Waals surface area contributed by atoms with Gasteiger partial charge in [-0.15, -0.1) is 0 Å². The maximum Gasteiger partial charge on any atom is 0.123 e. The first-order valence-corrected chi connectivity index (χ1v) is 5.08. The van der Waals surface area contributed by atoms with Crippen LogP contribution in [-0.4, -0.2) is 23.7 Å². The molecule has 0 aromatic carbocycles. The lowest BCUT2D eigenvalue weighted by Gasteiger charge is -2.34. The van der Waals surface area contributed by atoms with Crippen LogP contribution < -0.4 is 10.1 Å². The van der Waals surface area contributed by atoms with Gasteiger partial charge in [0.15, 0.2) is 0 Å². The molecule has 0 unspecified atom stereocenters. The average Bonchev–Trinajstić information content (AvgIpc) is 2.19. The number of aromatic nitrogens is 1. The highest BCUT2D eigenvalue weighted by atomic mass is 16.5. The highest BCUT2D eigenvalue weighted by Crippen LogP contribution is 2.25. The Bertz CT molecular complexity index is 281. The maximum absolute atomic E-state index is 5.96. The molecule has 2 rings (SSSR count). The van der Waals surface area contributed by atoms with E-state index in [1.165, 1.54) is 0 Å². The van der Waals surface area contributed by atoms with E-state index in [1.807, 2.05) is 12.1 Å². The molecule has 14 heavy (non-hydrogen) atoms. The van der Waals surface area contributed by atoms with E-state index in [-0.39, 0.29) is 5.60 Å². The summed E-state index contributed by atoms with van der Waals surface area (Å²) in [5.74, 6) is 0.921. The SMILES string of the molecule is CC1(Oc2ccncc2)CCNCC1. The van der Waals surface area contributed by atoms with Gasteiger partial charge in [0.1, 0.15) is 11.4 Å². The van der Waals surface area contributed by atoms with Gasteiger partial charge < -0.3 is 10.1 Å². The van der Waals surface area contributed by atoms with Gasteiger partial charge in [0.2, 0.25) is 0 Å².